The van der Waals surface area contributed by atoms with E-state index in [2.05, 4.69) is 20.9 Å². The van der Waals surface area contributed by atoms with E-state index in [0.717, 1.165) is 20.9 Å². The highest BCUT2D eigenvalue weighted by Crippen LogP contribution is 2.28. The summed E-state index contributed by atoms with van der Waals surface area (Å²) in [6.45, 7) is 2.08. The normalized spacial score (nSPS) is 19.1. The van der Waals surface area contributed by atoms with Gasteiger partial charge in [0.05, 0.1) is 12.1 Å². The highest BCUT2D eigenvalue weighted by molar-refractivity contribution is 9.10. The fourth-order valence-corrected chi connectivity index (χ4v) is 2.96. The van der Waals surface area contributed by atoms with Crippen LogP contribution in [0.4, 0.5) is 0 Å². The summed E-state index contributed by atoms with van der Waals surface area (Å²) < 4.78 is 0.955. The van der Waals surface area contributed by atoms with Gasteiger partial charge in [-0.25, -0.2) is 0 Å². The predicted molar refractivity (Wildman–Crippen MR) is 78.8 cm³/mol. The Hall–Kier alpha value is -1.75. The van der Waals surface area contributed by atoms with Gasteiger partial charge in [0.1, 0.15) is 0 Å². The van der Waals surface area contributed by atoms with Crippen molar-refractivity contribution in [1.29, 1.82) is 0 Å². The second-order valence-electron chi connectivity index (χ2n) is 5.03. The zero-order chi connectivity index (χ0) is 14.3. The van der Waals surface area contributed by atoms with Gasteiger partial charge in [-0.3, -0.25) is 19.5 Å². The quantitative estimate of drug-likeness (QED) is 0.794. The standard InChI is InChI=1S/C15H13BrN2O2/c1-9-7-13(19)18(15(9)20)8-10-4-5-12(16)11-3-2-6-17-14(10)11/h2-6,9H,7-8H2,1H3/t9-/m0/s1. The van der Waals surface area contributed by atoms with E-state index < -0.39 is 0 Å². The third kappa shape index (κ3) is 2.12. The van der Waals surface area contributed by atoms with Gasteiger partial charge >= 0.3 is 0 Å². The molecule has 102 valence electrons. The summed E-state index contributed by atoms with van der Waals surface area (Å²) in [5, 5.41) is 0.983. The number of carbonyl (C=O) groups excluding carboxylic acids is 2. The molecule has 1 saturated heterocycles. The number of carbonyl (C=O) groups is 2. The molecule has 0 bridgehead atoms. The van der Waals surface area contributed by atoms with Crippen molar-refractivity contribution in [3.63, 3.8) is 0 Å². The lowest BCUT2D eigenvalue weighted by atomic mass is 10.1. The Kier molecular flexibility index (Phi) is 3.30. The number of rotatable bonds is 2. The Labute approximate surface area is 124 Å². The Morgan fingerprint density at radius 1 is 1.35 bits per heavy atom. The molecule has 0 saturated carbocycles. The van der Waals surface area contributed by atoms with E-state index in [1.807, 2.05) is 24.3 Å². The lowest BCUT2D eigenvalue weighted by Gasteiger charge is -2.16. The second kappa shape index (κ2) is 4.98. The summed E-state index contributed by atoms with van der Waals surface area (Å²) in [6, 6.07) is 7.66. The lowest BCUT2D eigenvalue weighted by molar-refractivity contribution is -0.139. The first-order valence-electron chi connectivity index (χ1n) is 6.44. The molecule has 5 heteroatoms. The molecule has 0 radical (unpaired) electrons. The van der Waals surface area contributed by atoms with E-state index in [0.29, 0.717) is 13.0 Å². The smallest absolute Gasteiger partial charge is 0.232 e. The zero-order valence-electron chi connectivity index (χ0n) is 11.0. The maximum absolute atomic E-state index is 12.0. The van der Waals surface area contributed by atoms with Gasteiger partial charge in [0.15, 0.2) is 0 Å². The minimum Gasteiger partial charge on any atom is -0.278 e. The zero-order valence-corrected chi connectivity index (χ0v) is 12.6. The minimum atomic E-state index is -0.211. The average Bonchev–Trinajstić information content (AvgIpc) is 2.68. The van der Waals surface area contributed by atoms with Gasteiger partial charge in [-0.1, -0.05) is 35.0 Å². The first-order valence-corrected chi connectivity index (χ1v) is 7.23. The van der Waals surface area contributed by atoms with E-state index in [-0.39, 0.29) is 17.7 Å². The molecule has 0 spiro atoms. The van der Waals surface area contributed by atoms with Crippen LogP contribution in [0.5, 0.6) is 0 Å². The molecule has 0 unspecified atom stereocenters. The van der Waals surface area contributed by atoms with Crippen molar-refractivity contribution >= 4 is 38.6 Å². The highest BCUT2D eigenvalue weighted by Gasteiger charge is 2.35. The number of pyridine rings is 1. The fourth-order valence-electron chi connectivity index (χ4n) is 2.51. The van der Waals surface area contributed by atoms with E-state index >= 15 is 0 Å². The maximum atomic E-state index is 12.0. The number of imide groups is 1. The van der Waals surface area contributed by atoms with E-state index in [4.69, 9.17) is 0 Å². The number of benzene rings is 1. The molecule has 0 aliphatic carbocycles. The van der Waals surface area contributed by atoms with Crippen molar-refractivity contribution in [2.75, 3.05) is 0 Å². The van der Waals surface area contributed by atoms with E-state index in [9.17, 15) is 9.59 Å². The van der Waals surface area contributed by atoms with Gasteiger partial charge in [0.2, 0.25) is 11.8 Å². The topological polar surface area (TPSA) is 50.3 Å². The number of fused-ring (bicyclic) bond motifs is 1. The fraction of sp³-hybridized carbons (Fsp3) is 0.267. The number of hydrogen-bond donors (Lipinski definition) is 0. The number of halogens is 1. The van der Waals surface area contributed by atoms with Crippen LogP contribution in [0.25, 0.3) is 10.9 Å². The second-order valence-corrected chi connectivity index (χ2v) is 5.88. The predicted octanol–water partition coefficient (Wildman–Crippen LogP) is 2.89. The van der Waals surface area contributed by atoms with Crippen LogP contribution in [0.15, 0.2) is 34.9 Å². The molecular weight excluding hydrogens is 320 g/mol. The molecule has 1 atom stereocenters. The van der Waals surface area contributed by atoms with Crippen LogP contribution in [0.2, 0.25) is 0 Å². The van der Waals surface area contributed by atoms with Gasteiger partial charge in [-0.2, -0.15) is 0 Å². The summed E-state index contributed by atoms with van der Waals surface area (Å²) in [6.07, 6.45) is 2.02. The molecule has 1 aliphatic heterocycles. The third-order valence-electron chi connectivity index (χ3n) is 3.60. The molecule has 1 aromatic heterocycles. The molecule has 2 aromatic rings. The monoisotopic (exact) mass is 332 g/mol. The van der Waals surface area contributed by atoms with Crippen LogP contribution >= 0.6 is 15.9 Å². The Morgan fingerprint density at radius 3 is 2.85 bits per heavy atom. The van der Waals surface area contributed by atoms with Gasteiger partial charge in [-0.15, -0.1) is 0 Å². The van der Waals surface area contributed by atoms with Crippen LogP contribution in [-0.4, -0.2) is 21.7 Å². The molecular formula is C15H13BrN2O2. The van der Waals surface area contributed by atoms with Crippen LogP contribution in [0.3, 0.4) is 0 Å². The highest BCUT2D eigenvalue weighted by atomic mass is 79.9. The minimum absolute atomic E-state index is 0.0954. The van der Waals surface area contributed by atoms with Gasteiger partial charge in [0, 0.05) is 28.4 Å². The molecule has 4 nitrogen and oxygen atoms in total. The average molecular weight is 333 g/mol. The molecule has 3 rings (SSSR count). The SMILES string of the molecule is C[C@H]1CC(=O)N(Cc2ccc(Br)c3cccnc23)C1=O. The summed E-state index contributed by atoms with van der Waals surface area (Å²) in [5.74, 6) is -0.409. The molecule has 1 aliphatic rings. The van der Waals surface area contributed by atoms with Crippen LogP contribution in [-0.2, 0) is 16.1 Å². The van der Waals surface area contributed by atoms with Crippen LogP contribution < -0.4 is 0 Å². The molecule has 1 aromatic carbocycles. The summed E-state index contributed by atoms with van der Waals surface area (Å²) in [5.41, 5.74) is 1.71. The number of amides is 2. The van der Waals surface area contributed by atoms with E-state index in [1.165, 1.54) is 4.90 Å². The Balaban J connectivity index is 2.02. The van der Waals surface area contributed by atoms with Crippen molar-refractivity contribution < 1.29 is 9.59 Å². The van der Waals surface area contributed by atoms with Crippen LogP contribution in [0, 0.1) is 5.92 Å². The van der Waals surface area contributed by atoms with Crippen molar-refractivity contribution in [3.05, 3.63) is 40.5 Å². The third-order valence-corrected chi connectivity index (χ3v) is 4.29. The van der Waals surface area contributed by atoms with Gasteiger partial charge < -0.3 is 0 Å². The van der Waals surface area contributed by atoms with Gasteiger partial charge in [-0.05, 0) is 17.7 Å². The van der Waals surface area contributed by atoms with Gasteiger partial charge in [0.25, 0.3) is 0 Å². The summed E-state index contributed by atoms with van der Waals surface area (Å²) in [4.78, 5) is 29.6. The number of aromatic nitrogens is 1. The Morgan fingerprint density at radius 2 is 2.15 bits per heavy atom. The van der Waals surface area contributed by atoms with E-state index in [1.54, 1.807) is 13.1 Å². The largest absolute Gasteiger partial charge is 0.278 e. The molecule has 0 N–H and O–H groups in total. The first kappa shape index (κ1) is 13.2. The first-order chi connectivity index (χ1) is 9.58. The molecule has 2 heterocycles. The van der Waals surface area contributed by atoms with Crippen molar-refractivity contribution in [2.45, 2.75) is 19.9 Å². The molecule has 20 heavy (non-hydrogen) atoms. The summed E-state index contributed by atoms with van der Waals surface area (Å²) >= 11 is 3.49. The number of likely N-dealkylation sites (tertiary alicyclic amines) is 1. The van der Waals surface area contributed by atoms with Crippen LogP contribution in [0.1, 0.15) is 18.9 Å². The summed E-state index contributed by atoms with van der Waals surface area (Å²) in [7, 11) is 0. The Bertz CT molecular complexity index is 714. The lowest BCUT2D eigenvalue weighted by Crippen LogP contribution is -2.29. The molecule has 1 fully saturated rings. The van der Waals surface area contributed by atoms with Crippen molar-refractivity contribution in [3.8, 4) is 0 Å². The number of nitrogens with zero attached hydrogens (tertiary/aromatic N) is 2. The van der Waals surface area contributed by atoms with Crippen molar-refractivity contribution in [2.24, 2.45) is 5.92 Å². The molecule has 2 amide bonds. The maximum Gasteiger partial charge on any atom is 0.232 e. The van der Waals surface area contributed by atoms with Crippen molar-refractivity contribution in [1.82, 2.24) is 9.88 Å². The number of hydrogen-bond acceptors (Lipinski definition) is 3.